The first kappa shape index (κ1) is 30.4. The maximum atomic E-state index is 10.4. The minimum Gasteiger partial charge on any atom is -0.549 e. The second kappa shape index (κ2) is 16.4. The number of rotatable bonds is 11. The Morgan fingerprint density at radius 2 is 0.739 bits per heavy atom. The van der Waals surface area contributed by atoms with Gasteiger partial charge in [-0.2, -0.15) is 0 Å². The van der Waals surface area contributed by atoms with Gasteiger partial charge in [-0.3, -0.25) is 9.80 Å². The van der Waals surface area contributed by atoms with Crippen LogP contribution in [0.1, 0.15) is 0 Å². The summed E-state index contributed by atoms with van der Waals surface area (Å²) in [5.74, 6) is -6.12. The fourth-order valence-electron chi connectivity index (χ4n) is 1.44. The Hall–Kier alpha value is -0.457. The van der Waals surface area contributed by atoms with Crippen LogP contribution in [0.3, 0.4) is 0 Å². The van der Waals surface area contributed by atoms with E-state index in [-0.39, 0.29) is 70.6 Å². The summed E-state index contributed by atoms with van der Waals surface area (Å²) in [5, 5.41) is 41.6. The molecule has 0 rings (SSSR count). The minimum atomic E-state index is -1.53. The van der Waals surface area contributed by atoms with E-state index < -0.39 is 50.1 Å². The molecule has 0 bridgehead atoms. The van der Waals surface area contributed by atoms with Crippen LogP contribution in [0.15, 0.2) is 0 Å². The molecule has 0 N–H and O–H groups in total. The van der Waals surface area contributed by atoms with Crippen molar-refractivity contribution < 1.29 is 73.2 Å². The Balaban J connectivity index is -0.000000602. The third-order valence-corrected chi connectivity index (χ3v) is 2.14. The van der Waals surface area contributed by atoms with Gasteiger partial charge in [-0.25, -0.2) is 0 Å². The van der Waals surface area contributed by atoms with E-state index in [2.05, 4.69) is 0 Å². The predicted octanol–water partition coefficient (Wildman–Crippen LogP) is -6.53. The molecular weight excluding hydrogens is 521 g/mol. The smallest absolute Gasteiger partial charge is 0.549 e. The van der Waals surface area contributed by atoms with Crippen molar-refractivity contribution in [2.24, 2.45) is 0 Å². The molecule has 0 saturated carbocycles. The molecule has 13 heteroatoms. The van der Waals surface area contributed by atoms with Crippen LogP contribution < -0.4 is 20.4 Å². The van der Waals surface area contributed by atoms with E-state index in [9.17, 15) is 39.6 Å². The number of hydrogen-bond acceptors (Lipinski definition) is 10. The molecule has 0 aliphatic carbocycles. The quantitative estimate of drug-likeness (QED) is 0.233. The van der Waals surface area contributed by atoms with Gasteiger partial charge in [-0.15, -0.1) is 0 Å². The van der Waals surface area contributed by atoms with E-state index in [0.717, 1.165) is 9.80 Å². The summed E-state index contributed by atoms with van der Waals surface area (Å²) in [7, 11) is 0. The molecule has 0 heterocycles. The molecule has 0 atom stereocenters. The molecule has 0 spiro atoms. The molecule has 0 aliphatic rings. The van der Waals surface area contributed by atoms with Crippen molar-refractivity contribution in [3.63, 3.8) is 0 Å². The standard InChI is InChI=1S/C10H16N2O8.2Co.I/c13-7(14)3-11(4-8(15)16)1-2-12(5-9(17)18)6-10(19)20;;;/h1-6H2,(H,13,14)(H,15,16)(H,17,18)(H,19,20);;;/q;2*+2;/p-4. The predicted molar refractivity (Wildman–Crippen MR) is 66.9 cm³/mol. The van der Waals surface area contributed by atoms with E-state index in [1.54, 1.807) is 0 Å². The van der Waals surface area contributed by atoms with Crippen LogP contribution >= 0.6 is 24.0 Å². The fourth-order valence-corrected chi connectivity index (χ4v) is 1.44. The number of carbonyl (C=O) groups excluding carboxylic acids is 4. The van der Waals surface area contributed by atoms with Crippen LogP contribution in [0.2, 0.25) is 0 Å². The number of aliphatic carboxylic acids is 4. The molecule has 0 aliphatic heterocycles. The number of carboxylic acid groups (broad SMARTS) is 4. The number of nitrogens with zero attached hydrogens (tertiary/aromatic N) is 2. The van der Waals surface area contributed by atoms with Crippen molar-refractivity contribution >= 4 is 47.9 Å². The third-order valence-electron chi connectivity index (χ3n) is 2.14. The summed E-state index contributed by atoms with van der Waals surface area (Å²) in [5.41, 5.74) is 0. The molecule has 10 nitrogen and oxygen atoms in total. The molecule has 135 valence electrons. The molecule has 0 aromatic carbocycles. The third kappa shape index (κ3) is 19.5. The van der Waals surface area contributed by atoms with Crippen molar-refractivity contribution in [3.05, 3.63) is 0 Å². The van der Waals surface area contributed by atoms with Crippen LogP contribution in [0.4, 0.5) is 0 Å². The zero-order chi connectivity index (χ0) is 15.7. The summed E-state index contributed by atoms with van der Waals surface area (Å²) in [6.45, 7) is -3.25. The van der Waals surface area contributed by atoms with E-state index >= 15 is 0 Å². The Morgan fingerprint density at radius 3 is 0.870 bits per heavy atom. The van der Waals surface area contributed by atoms with Gasteiger partial charge in [-0.1, -0.05) is 0 Å². The Labute approximate surface area is 169 Å². The first-order valence-electron chi connectivity index (χ1n) is 5.44. The maximum absolute atomic E-state index is 10.4. The Morgan fingerprint density at radius 1 is 0.565 bits per heavy atom. The van der Waals surface area contributed by atoms with Gasteiger partial charge in [0.2, 0.25) is 0 Å². The van der Waals surface area contributed by atoms with Gasteiger partial charge in [0.05, 0.1) is 23.9 Å². The van der Waals surface area contributed by atoms with Crippen molar-refractivity contribution in [1.82, 2.24) is 9.80 Å². The molecule has 0 fully saturated rings. The Kier molecular flexibility index (Phi) is 21.7. The second-order valence-electron chi connectivity index (χ2n) is 3.91. The topological polar surface area (TPSA) is 167 Å². The van der Waals surface area contributed by atoms with E-state index in [1.807, 2.05) is 0 Å². The first-order chi connectivity index (χ1) is 9.20. The number of hydrogen-bond donors (Lipinski definition) is 0. The van der Waals surface area contributed by atoms with Gasteiger partial charge >= 0.3 is 33.6 Å². The SMILES string of the molecule is O=C([O-])CN(CCN(CC(=O)[O-])CC(=O)[O-])CC(=O)[O-].[Co+2].[Co+2].[I]. The van der Waals surface area contributed by atoms with E-state index in [4.69, 9.17) is 0 Å². The molecule has 0 aromatic rings. The molecule has 0 unspecified atom stereocenters. The number of carbonyl (C=O) groups is 4. The summed E-state index contributed by atoms with van der Waals surface area (Å²) in [6, 6.07) is 0. The van der Waals surface area contributed by atoms with Crippen LogP contribution in [0.25, 0.3) is 0 Å². The first-order valence-corrected chi connectivity index (χ1v) is 5.44. The number of carboxylic acids is 4. The molecular formula is C10H12Co2IN2O8. The maximum Gasteiger partial charge on any atom is 2.00 e. The Bertz CT molecular complexity index is 331. The van der Waals surface area contributed by atoms with Crippen molar-refractivity contribution in [2.75, 3.05) is 39.3 Å². The summed E-state index contributed by atoms with van der Waals surface area (Å²) in [4.78, 5) is 43.4. The molecule has 3 radical (unpaired) electrons. The van der Waals surface area contributed by atoms with Gasteiger partial charge in [0.25, 0.3) is 0 Å². The summed E-state index contributed by atoms with van der Waals surface area (Å²) >= 11 is 0. The number of halogens is 1. The molecule has 0 saturated heterocycles. The van der Waals surface area contributed by atoms with E-state index in [0.29, 0.717) is 0 Å². The minimum absolute atomic E-state index is 0. The summed E-state index contributed by atoms with van der Waals surface area (Å²) in [6.07, 6.45) is 0. The van der Waals surface area contributed by atoms with Gasteiger partial charge in [0, 0.05) is 63.2 Å². The fraction of sp³-hybridized carbons (Fsp3) is 0.600. The average molecular weight is 533 g/mol. The monoisotopic (exact) mass is 533 g/mol. The van der Waals surface area contributed by atoms with Crippen LogP contribution in [0, 0.1) is 0 Å². The van der Waals surface area contributed by atoms with Crippen molar-refractivity contribution in [1.29, 1.82) is 0 Å². The largest absolute Gasteiger partial charge is 2.00 e. The normalized spacial score (nSPS) is 9.30. The zero-order valence-electron chi connectivity index (χ0n) is 11.4. The van der Waals surface area contributed by atoms with Crippen molar-refractivity contribution in [3.8, 4) is 0 Å². The van der Waals surface area contributed by atoms with Crippen LogP contribution in [-0.4, -0.2) is 72.9 Å². The second-order valence-corrected chi connectivity index (χ2v) is 3.91. The average Bonchev–Trinajstić information content (AvgIpc) is 2.22. The molecule has 0 amide bonds. The van der Waals surface area contributed by atoms with Crippen LogP contribution in [-0.2, 0) is 52.7 Å². The summed E-state index contributed by atoms with van der Waals surface area (Å²) < 4.78 is 0. The van der Waals surface area contributed by atoms with E-state index in [1.165, 1.54) is 0 Å². The molecule has 0 aromatic heterocycles. The van der Waals surface area contributed by atoms with Gasteiger partial charge < -0.3 is 39.6 Å². The van der Waals surface area contributed by atoms with Crippen molar-refractivity contribution in [2.45, 2.75) is 0 Å². The van der Waals surface area contributed by atoms with Crippen LogP contribution in [0.5, 0.6) is 0 Å². The van der Waals surface area contributed by atoms with Gasteiger partial charge in [0.15, 0.2) is 0 Å². The zero-order valence-corrected chi connectivity index (χ0v) is 15.7. The molecule has 23 heavy (non-hydrogen) atoms. The van der Waals surface area contributed by atoms with Gasteiger partial charge in [0.1, 0.15) is 0 Å². The van der Waals surface area contributed by atoms with Gasteiger partial charge in [-0.05, 0) is 0 Å².